The van der Waals surface area contributed by atoms with Crippen molar-refractivity contribution in [1.29, 1.82) is 0 Å². The molecule has 1 fully saturated rings. The highest BCUT2D eigenvalue weighted by Crippen LogP contribution is 2.28. The normalized spacial score (nSPS) is 28.3. The fourth-order valence-electron chi connectivity index (χ4n) is 2.45. The van der Waals surface area contributed by atoms with E-state index >= 15 is 0 Å². The molecule has 0 aromatic rings. The van der Waals surface area contributed by atoms with E-state index in [0.717, 1.165) is 5.92 Å². The van der Waals surface area contributed by atoms with Crippen molar-refractivity contribution in [3.8, 4) is 0 Å². The van der Waals surface area contributed by atoms with Gasteiger partial charge in [-0.1, -0.05) is 27.2 Å². The van der Waals surface area contributed by atoms with Gasteiger partial charge in [0.25, 0.3) is 0 Å². The highest BCUT2D eigenvalue weighted by molar-refractivity contribution is 5.80. The van der Waals surface area contributed by atoms with E-state index in [-0.39, 0.29) is 17.9 Å². The zero-order valence-corrected chi connectivity index (χ0v) is 10.1. The van der Waals surface area contributed by atoms with Crippen molar-refractivity contribution in [2.45, 2.75) is 58.5 Å². The fraction of sp³-hybridized carbons (Fsp3) is 0.917. The number of carbonyl (C=O) groups excluding carboxylic acids is 1. The Morgan fingerprint density at radius 2 is 2.13 bits per heavy atom. The Labute approximate surface area is 92.8 Å². The first-order chi connectivity index (χ1) is 7.04. The minimum absolute atomic E-state index is 0.161. The second kappa shape index (κ2) is 5.50. The van der Waals surface area contributed by atoms with Crippen LogP contribution in [0, 0.1) is 11.8 Å². The summed E-state index contributed by atoms with van der Waals surface area (Å²) in [5.41, 5.74) is 5.38. The van der Waals surface area contributed by atoms with E-state index in [4.69, 9.17) is 5.73 Å². The molecule has 1 amide bonds. The average Bonchev–Trinajstić information content (AvgIpc) is 2.60. The van der Waals surface area contributed by atoms with E-state index in [2.05, 4.69) is 12.2 Å². The number of primary amides is 1. The number of carbonyl (C=O) groups is 1. The fourth-order valence-corrected chi connectivity index (χ4v) is 2.45. The lowest BCUT2D eigenvalue weighted by Crippen LogP contribution is -2.48. The summed E-state index contributed by atoms with van der Waals surface area (Å²) in [4.78, 5) is 11.2. The minimum atomic E-state index is -0.218. The number of hydrogen-bond donors (Lipinski definition) is 2. The summed E-state index contributed by atoms with van der Waals surface area (Å²) in [5, 5.41) is 3.40. The van der Waals surface area contributed by atoms with Crippen molar-refractivity contribution < 1.29 is 4.79 Å². The van der Waals surface area contributed by atoms with Crippen molar-refractivity contribution in [3.63, 3.8) is 0 Å². The van der Waals surface area contributed by atoms with Gasteiger partial charge >= 0.3 is 0 Å². The number of rotatable bonds is 5. The summed E-state index contributed by atoms with van der Waals surface area (Å²) in [6.45, 7) is 6.31. The van der Waals surface area contributed by atoms with Crippen molar-refractivity contribution in [2.24, 2.45) is 17.6 Å². The summed E-state index contributed by atoms with van der Waals surface area (Å²) in [6.07, 6.45) is 4.93. The van der Waals surface area contributed by atoms with E-state index in [1.807, 2.05) is 13.8 Å². The van der Waals surface area contributed by atoms with Gasteiger partial charge in [-0.25, -0.2) is 0 Å². The SMILES string of the molecule is CCC1CCC(NC(C(N)=O)C(C)C)C1. The maximum atomic E-state index is 11.2. The second-order valence-corrected chi connectivity index (χ2v) is 5.07. The van der Waals surface area contributed by atoms with Crippen LogP contribution in [0.4, 0.5) is 0 Å². The first kappa shape index (κ1) is 12.5. The Balaban J connectivity index is 2.43. The molecule has 0 radical (unpaired) electrons. The standard InChI is InChI=1S/C12H24N2O/c1-4-9-5-6-10(7-9)14-11(8(2)3)12(13)15/h8-11,14H,4-7H2,1-3H3,(H2,13,15). The number of nitrogens with two attached hydrogens (primary N) is 1. The Hall–Kier alpha value is -0.570. The molecule has 3 unspecified atom stereocenters. The maximum absolute atomic E-state index is 11.2. The number of amides is 1. The molecule has 0 aromatic carbocycles. The smallest absolute Gasteiger partial charge is 0.234 e. The van der Waals surface area contributed by atoms with Crippen LogP contribution in [0.2, 0.25) is 0 Å². The molecule has 0 heterocycles. The Morgan fingerprint density at radius 3 is 2.53 bits per heavy atom. The van der Waals surface area contributed by atoms with E-state index in [0.29, 0.717) is 6.04 Å². The third kappa shape index (κ3) is 3.49. The first-order valence-electron chi connectivity index (χ1n) is 6.10. The predicted octanol–water partition coefficient (Wildman–Crippen LogP) is 1.66. The molecular weight excluding hydrogens is 188 g/mol. The van der Waals surface area contributed by atoms with E-state index in [1.54, 1.807) is 0 Å². The van der Waals surface area contributed by atoms with Crippen LogP contribution in [-0.2, 0) is 4.79 Å². The van der Waals surface area contributed by atoms with Gasteiger partial charge in [0.1, 0.15) is 0 Å². The Morgan fingerprint density at radius 1 is 1.47 bits per heavy atom. The monoisotopic (exact) mass is 212 g/mol. The van der Waals surface area contributed by atoms with Gasteiger partial charge in [0.15, 0.2) is 0 Å². The summed E-state index contributed by atoms with van der Waals surface area (Å²) >= 11 is 0. The third-order valence-electron chi connectivity index (χ3n) is 3.51. The Bertz CT molecular complexity index is 216. The molecule has 15 heavy (non-hydrogen) atoms. The molecule has 0 aliphatic heterocycles. The topological polar surface area (TPSA) is 55.1 Å². The van der Waals surface area contributed by atoms with Gasteiger partial charge in [0.2, 0.25) is 5.91 Å². The van der Waals surface area contributed by atoms with Gasteiger partial charge in [0, 0.05) is 6.04 Å². The van der Waals surface area contributed by atoms with Crippen LogP contribution in [-0.4, -0.2) is 18.0 Å². The maximum Gasteiger partial charge on any atom is 0.234 e. The molecule has 88 valence electrons. The van der Waals surface area contributed by atoms with Crippen molar-refractivity contribution >= 4 is 5.91 Å². The molecule has 1 aliphatic rings. The lowest BCUT2D eigenvalue weighted by atomic mass is 10.0. The van der Waals surface area contributed by atoms with Crippen LogP contribution in [0.25, 0.3) is 0 Å². The van der Waals surface area contributed by atoms with Gasteiger partial charge in [-0.15, -0.1) is 0 Å². The van der Waals surface area contributed by atoms with Crippen LogP contribution in [0.15, 0.2) is 0 Å². The van der Waals surface area contributed by atoms with Crippen LogP contribution in [0.5, 0.6) is 0 Å². The molecule has 1 rings (SSSR count). The quantitative estimate of drug-likeness (QED) is 0.728. The third-order valence-corrected chi connectivity index (χ3v) is 3.51. The molecule has 1 saturated carbocycles. The average molecular weight is 212 g/mol. The van der Waals surface area contributed by atoms with Gasteiger partial charge < -0.3 is 11.1 Å². The molecule has 0 spiro atoms. The zero-order chi connectivity index (χ0) is 11.4. The first-order valence-corrected chi connectivity index (χ1v) is 6.10. The van der Waals surface area contributed by atoms with E-state index in [1.165, 1.54) is 25.7 Å². The summed E-state index contributed by atoms with van der Waals surface area (Å²) in [6, 6.07) is 0.334. The highest BCUT2D eigenvalue weighted by atomic mass is 16.1. The van der Waals surface area contributed by atoms with Gasteiger partial charge in [0.05, 0.1) is 6.04 Å². The van der Waals surface area contributed by atoms with Crippen molar-refractivity contribution in [1.82, 2.24) is 5.32 Å². The molecular formula is C12H24N2O. The lowest BCUT2D eigenvalue weighted by molar-refractivity contribution is -0.121. The van der Waals surface area contributed by atoms with Gasteiger partial charge in [-0.2, -0.15) is 0 Å². The van der Waals surface area contributed by atoms with Crippen LogP contribution >= 0.6 is 0 Å². The molecule has 0 saturated heterocycles. The van der Waals surface area contributed by atoms with Crippen LogP contribution < -0.4 is 11.1 Å². The summed E-state index contributed by atoms with van der Waals surface area (Å²) in [7, 11) is 0. The zero-order valence-electron chi connectivity index (χ0n) is 10.1. The highest BCUT2D eigenvalue weighted by Gasteiger charge is 2.28. The summed E-state index contributed by atoms with van der Waals surface area (Å²) < 4.78 is 0. The Kier molecular flexibility index (Phi) is 4.58. The minimum Gasteiger partial charge on any atom is -0.368 e. The van der Waals surface area contributed by atoms with Gasteiger partial charge in [-0.05, 0) is 31.1 Å². The van der Waals surface area contributed by atoms with E-state index < -0.39 is 0 Å². The predicted molar refractivity (Wildman–Crippen MR) is 62.4 cm³/mol. The van der Waals surface area contributed by atoms with Crippen LogP contribution in [0.3, 0.4) is 0 Å². The van der Waals surface area contributed by atoms with Crippen molar-refractivity contribution in [3.05, 3.63) is 0 Å². The molecule has 3 heteroatoms. The molecule has 1 aliphatic carbocycles. The largest absolute Gasteiger partial charge is 0.368 e. The molecule has 0 aromatic heterocycles. The van der Waals surface area contributed by atoms with E-state index in [9.17, 15) is 4.79 Å². The number of nitrogens with one attached hydrogen (secondary N) is 1. The number of hydrogen-bond acceptors (Lipinski definition) is 2. The molecule has 3 nitrogen and oxygen atoms in total. The molecule has 3 N–H and O–H groups in total. The molecule has 3 atom stereocenters. The van der Waals surface area contributed by atoms with Crippen molar-refractivity contribution in [2.75, 3.05) is 0 Å². The lowest BCUT2D eigenvalue weighted by Gasteiger charge is -2.23. The van der Waals surface area contributed by atoms with Crippen LogP contribution in [0.1, 0.15) is 46.5 Å². The van der Waals surface area contributed by atoms with Gasteiger partial charge in [-0.3, -0.25) is 4.79 Å². The summed E-state index contributed by atoms with van der Waals surface area (Å²) in [5.74, 6) is 0.899. The second-order valence-electron chi connectivity index (χ2n) is 5.07. The molecule has 0 bridgehead atoms.